The highest BCUT2D eigenvalue weighted by atomic mass is 79.9. The predicted molar refractivity (Wildman–Crippen MR) is 87.7 cm³/mol. The highest BCUT2D eigenvalue weighted by Crippen LogP contribution is 2.30. The number of aryl methyl sites for hydroxylation is 1. The second-order valence-corrected chi connectivity index (χ2v) is 7.36. The monoisotopic (exact) mass is 389 g/mol. The van der Waals surface area contributed by atoms with Crippen LogP contribution in [0.2, 0.25) is 5.02 Å². The van der Waals surface area contributed by atoms with Crippen molar-refractivity contribution < 1.29 is 13.2 Å². The van der Waals surface area contributed by atoms with Crippen LogP contribution in [0.3, 0.4) is 0 Å². The Hall–Kier alpha value is -1.24. The average Bonchev–Trinajstić information content (AvgIpc) is 2.42. The minimum atomic E-state index is -3.79. The van der Waals surface area contributed by atoms with Gasteiger partial charge in [-0.3, -0.25) is 4.72 Å². The second-order valence-electron chi connectivity index (χ2n) is 4.36. The van der Waals surface area contributed by atoms with Crippen LogP contribution in [-0.4, -0.2) is 15.5 Å². The van der Waals surface area contributed by atoms with Crippen molar-refractivity contribution in [3.63, 3.8) is 0 Å². The number of sulfonamides is 1. The first-order chi connectivity index (χ1) is 9.83. The molecule has 0 saturated heterocycles. The first kappa shape index (κ1) is 16.1. The summed E-state index contributed by atoms with van der Waals surface area (Å²) in [5.41, 5.74) is 1.30. The molecule has 0 unspecified atom stereocenters. The first-order valence-electron chi connectivity index (χ1n) is 5.96. The fraction of sp³-hybridized carbons (Fsp3) is 0.143. The molecule has 0 amide bonds. The van der Waals surface area contributed by atoms with E-state index in [0.717, 1.165) is 10.0 Å². The molecule has 2 aromatic rings. The van der Waals surface area contributed by atoms with E-state index in [2.05, 4.69) is 20.7 Å². The van der Waals surface area contributed by atoms with Gasteiger partial charge in [-0.15, -0.1) is 0 Å². The number of benzene rings is 2. The molecular formula is C14H13BrClNO3S. The van der Waals surface area contributed by atoms with E-state index in [-0.39, 0.29) is 10.6 Å². The lowest BCUT2D eigenvalue weighted by Gasteiger charge is -2.13. The topological polar surface area (TPSA) is 55.4 Å². The van der Waals surface area contributed by atoms with Gasteiger partial charge in [0.25, 0.3) is 10.0 Å². The summed E-state index contributed by atoms with van der Waals surface area (Å²) in [7, 11) is -2.38. The third-order valence-corrected chi connectivity index (χ3v) is 4.96. The van der Waals surface area contributed by atoms with Gasteiger partial charge >= 0.3 is 0 Å². The maximum absolute atomic E-state index is 12.5. The van der Waals surface area contributed by atoms with Crippen LogP contribution in [0.5, 0.6) is 5.75 Å². The molecule has 0 heterocycles. The number of methoxy groups -OCH3 is 1. The molecular weight excluding hydrogens is 378 g/mol. The third kappa shape index (κ3) is 3.70. The Morgan fingerprint density at radius 1 is 1.19 bits per heavy atom. The van der Waals surface area contributed by atoms with Crippen LogP contribution in [0.25, 0.3) is 0 Å². The maximum atomic E-state index is 12.5. The Balaban J connectivity index is 2.45. The molecule has 0 aromatic heterocycles. The Bertz CT molecular complexity index is 778. The van der Waals surface area contributed by atoms with E-state index in [4.69, 9.17) is 16.3 Å². The molecule has 4 nitrogen and oxygen atoms in total. The smallest absolute Gasteiger partial charge is 0.265 e. The standard InChI is InChI=1S/C14H13BrClNO3S/c1-9-7-10(15)3-5-12(9)17-21(18,19)14-8-11(16)4-6-13(14)20-2/h3-8,17H,1-2H3. The van der Waals surface area contributed by atoms with Gasteiger partial charge in [0.15, 0.2) is 0 Å². The van der Waals surface area contributed by atoms with Gasteiger partial charge in [0.05, 0.1) is 12.8 Å². The van der Waals surface area contributed by atoms with Crippen LogP contribution in [0, 0.1) is 6.92 Å². The molecule has 0 spiro atoms. The fourth-order valence-corrected chi connectivity index (χ4v) is 3.84. The van der Waals surface area contributed by atoms with Crippen LogP contribution in [0.4, 0.5) is 5.69 Å². The SMILES string of the molecule is COc1ccc(Cl)cc1S(=O)(=O)Nc1ccc(Br)cc1C. The molecule has 0 atom stereocenters. The number of nitrogens with one attached hydrogen (secondary N) is 1. The van der Waals surface area contributed by atoms with Gasteiger partial charge in [0.2, 0.25) is 0 Å². The molecule has 0 saturated carbocycles. The van der Waals surface area contributed by atoms with E-state index < -0.39 is 10.0 Å². The third-order valence-electron chi connectivity index (χ3n) is 2.85. The number of hydrogen-bond donors (Lipinski definition) is 1. The largest absolute Gasteiger partial charge is 0.495 e. The molecule has 2 rings (SSSR count). The lowest BCUT2D eigenvalue weighted by molar-refractivity contribution is 0.403. The summed E-state index contributed by atoms with van der Waals surface area (Å²) in [6, 6.07) is 9.73. The number of halogens is 2. The first-order valence-corrected chi connectivity index (χ1v) is 8.61. The Kier molecular flexibility index (Phi) is 4.81. The molecule has 0 radical (unpaired) electrons. The van der Waals surface area contributed by atoms with Crippen molar-refractivity contribution in [3.8, 4) is 5.75 Å². The number of rotatable bonds is 4. The van der Waals surface area contributed by atoms with Crippen LogP contribution >= 0.6 is 27.5 Å². The van der Waals surface area contributed by atoms with Gasteiger partial charge in [0.1, 0.15) is 10.6 Å². The Labute approximate surface area is 137 Å². The van der Waals surface area contributed by atoms with E-state index in [9.17, 15) is 8.42 Å². The van der Waals surface area contributed by atoms with E-state index in [1.807, 2.05) is 13.0 Å². The van der Waals surface area contributed by atoms with Crippen LogP contribution in [0.15, 0.2) is 45.8 Å². The highest BCUT2D eigenvalue weighted by molar-refractivity contribution is 9.10. The quantitative estimate of drug-likeness (QED) is 0.850. The van der Waals surface area contributed by atoms with E-state index in [1.165, 1.54) is 19.2 Å². The summed E-state index contributed by atoms with van der Waals surface area (Å²) in [6.07, 6.45) is 0. The summed E-state index contributed by atoms with van der Waals surface area (Å²) < 4.78 is 33.5. The average molecular weight is 391 g/mol. The van der Waals surface area contributed by atoms with Crippen LogP contribution in [0.1, 0.15) is 5.56 Å². The number of ether oxygens (including phenoxy) is 1. The Morgan fingerprint density at radius 2 is 1.90 bits per heavy atom. The van der Waals surface area contributed by atoms with E-state index >= 15 is 0 Å². The predicted octanol–water partition coefficient (Wildman–Crippen LogP) is 4.22. The van der Waals surface area contributed by atoms with Gasteiger partial charge in [-0.1, -0.05) is 27.5 Å². The van der Waals surface area contributed by atoms with Gasteiger partial charge in [-0.25, -0.2) is 8.42 Å². The normalized spacial score (nSPS) is 11.2. The molecule has 2 aromatic carbocycles. The zero-order valence-electron chi connectivity index (χ0n) is 11.4. The summed E-state index contributed by atoms with van der Waals surface area (Å²) in [5.74, 6) is 0.238. The lowest BCUT2D eigenvalue weighted by atomic mass is 10.2. The Morgan fingerprint density at radius 3 is 2.52 bits per heavy atom. The summed E-state index contributed by atoms with van der Waals surface area (Å²) in [4.78, 5) is -0.000168. The number of anilines is 1. The van der Waals surface area contributed by atoms with Gasteiger partial charge in [0, 0.05) is 9.50 Å². The molecule has 1 N–H and O–H groups in total. The molecule has 0 bridgehead atoms. The van der Waals surface area contributed by atoms with Gasteiger partial charge < -0.3 is 4.74 Å². The minimum absolute atomic E-state index is 0.000168. The van der Waals surface area contributed by atoms with Crippen LogP contribution < -0.4 is 9.46 Å². The molecule has 0 aliphatic rings. The van der Waals surface area contributed by atoms with E-state index in [0.29, 0.717) is 10.7 Å². The van der Waals surface area contributed by atoms with Gasteiger partial charge in [-0.2, -0.15) is 0 Å². The maximum Gasteiger partial charge on any atom is 0.265 e. The second kappa shape index (κ2) is 6.25. The van der Waals surface area contributed by atoms with Crippen LogP contribution in [-0.2, 0) is 10.0 Å². The molecule has 0 fully saturated rings. The van der Waals surface area contributed by atoms with Crippen molar-refractivity contribution in [1.29, 1.82) is 0 Å². The zero-order valence-corrected chi connectivity index (χ0v) is 14.5. The summed E-state index contributed by atoms with van der Waals surface area (Å²) in [6.45, 7) is 1.82. The van der Waals surface area contributed by atoms with E-state index in [1.54, 1.807) is 18.2 Å². The van der Waals surface area contributed by atoms with Crippen molar-refractivity contribution in [2.75, 3.05) is 11.8 Å². The molecule has 7 heteroatoms. The fourth-order valence-electron chi connectivity index (χ4n) is 1.80. The molecule has 0 aliphatic heterocycles. The van der Waals surface area contributed by atoms with Crippen molar-refractivity contribution >= 4 is 43.2 Å². The highest BCUT2D eigenvalue weighted by Gasteiger charge is 2.20. The molecule has 21 heavy (non-hydrogen) atoms. The van der Waals surface area contributed by atoms with Crippen molar-refractivity contribution in [2.24, 2.45) is 0 Å². The summed E-state index contributed by atoms with van der Waals surface area (Å²) >= 11 is 9.22. The van der Waals surface area contributed by atoms with Crippen molar-refractivity contribution in [1.82, 2.24) is 0 Å². The number of hydrogen-bond acceptors (Lipinski definition) is 3. The minimum Gasteiger partial charge on any atom is -0.495 e. The lowest BCUT2D eigenvalue weighted by Crippen LogP contribution is -2.14. The summed E-state index contributed by atoms with van der Waals surface area (Å²) in [5, 5.41) is 0.323. The molecule has 0 aliphatic carbocycles. The zero-order chi connectivity index (χ0) is 15.6. The van der Waals surface area contributed by atoms with Crippen molar-refractivity contribution in [2.45, 2.75) is 11.8 Å². The van der Waals surface area contributed by atoms with Gasteiger partial charge in [-0.05, 0) is 48.9 Å². The van der Waals surface area contributed by atoms with Crippen molar-refractivity contribution in [3.05, 3.63) is 51.5 Å². The molecule has 112 valence electrons.